The Balaban J connectivity index is 2.58. The van der Waals surface area contributed by atoms with Crippen molar-refractivity contribution in [1.29, 1.82) is 0 Å². The van der Waals surface area contributed by atoms with E-state index in [4.69, 9.17) is 5.73 Å². The van der Waals surface area contributed by atoms with E-state index in [-0.39, 0.29) is 36.2 Å². The highest BCUT2D eigenvalue weighted by Crippen LogP contribution is 2.19. The monoisotopic (exact) mass is 335 g/mol. The summed E-state index contributed by atoms with van der Waals surface area (Å²) in [6.07, 6.45) is 0.112. The van der Waals surface area contributed by atoms with Crippen LogP contribution in [0.2, 0.25) is 0 Å². The molecule has 4 N–H and O–H groups in total. The van der Waals surface area contributed by atoms with Gasteiger partial charge >= 0.3 is 5.97 Å². The lowest BCUT2D eigenvalue weighted by Gasteiger charge is -2.25. The van der Waals surface area contributed by atoms with E-state index in [2.05, 4.69) is 15.4 Å². The molecule has 0 bridgehead atoms. The number of rotatable bonds is 6. The molecule has 24 heavy (non-hydrogen) atoms. The van der Waals surface area contributed by atoms with Crippen molar-refractivity contribution in [3.05, 3.63) is 29.8 Å². The molecule has 0 aliphatic carbocycles. The van der Waals surface area contributed by atoms with Gasteiger partial charge in [0.2, 0.25) is 5.91 Å². The van der Waals surface area contributed by atoms with Crippen LogP contribution in [0.1, 0.15) is 37.6 Å². The van der Waals surface area contributed by atoms with Crippen LogP contribution in [0.25, 0.3) is 0 Å². The minimum absolute atomic E-state index is 0.112. The Bertz CT molecular complexity index is 591. The Hall–Kier alpha value is -2.41. The third kappa shape index (κ3) is 6.00. The number of esters is 1. The Morgan fingerprint density at radius 1 is 1.17 bits per heavy atom. The van der Waals surface area contributed by atoms with Gasteiger partial charge in [-0.2, -0.15) is 0 Å². The molecule has 2 amide bonds. The van der Waals surface area contributed by atoms with Crippen LogP contribution >= 0.6 is 0 Å². The van der Waals surface area contributed by atoms with Gasteiger partial charge in [-0.25, -0.2) is 0 Å². The molecule has 0 spiro atoms. The third-order valence-electron chi connectivity index (χ3n) is 3.47. The predicted molar refractivity (Wildman–Crippen MR) is 91.5 cm³/mol. The summed E-state index contributed by atoms with van der Waals surface area (Å²) < 4.78 is 4.49. The van der Waals surface area contributed by atoms with Gasteiger partial charge in [0, 0.05) is 17.8 Å². The van der Waals surface area contributed by atoms with Crippen LogP contribution in [0.3, 0.4) is 0 Å². The van der Waals surface area contributed by atoms with Gasteiger partial charge in [-0.15, -0.1) is 0 Å². The normalized spacial score (nSPS) is 12.2. The number of nitrogens with two attached hydrogens (primary N) is 1. The minimum Gasteiger partial charge on any atom is -0.469 e. The lowest BCUT2D eigenvalue weighted by atomic mass is 9.87. The zero-order valence-electron chi connectivity index (χ0n) is 14.5. The smallest absolute Gasteiger partial charge is 0.307 e. The van der Waals surface area contributed by atoms with Crippen LogP contribution < -0.4 is 16.4 Å². The van der Waals surface area contributed by atoms with Crippen molar-refractivity contribution in [2.24, 2.45) is 11.1 Å². The van der Waals surface area contributed by atoms with E-state index < -0.39 is 6.04 Å². The first-order chi connectivity index (χ1) is 11.1. The summed E-state index contributed by atoms with van der Waals surface area (Å²) in [5, 5.41) is 5.34. The summed E-state index contributed by atoms with van der Waals surface area (Å²) in [7, 11) is 1.29. The molecule has 7 nitrogen and oxygen atoms in total. The standard InChI is InChI=1S/C17H25N3O4/c1-17(2,3)14(18)16(23)20-12-7-5-11(6-8-12)15(22)19-10-9-13(21)24-4/h5-8,14H,9-10,18H2,1-4H3,(H,19,22)(H,20,23)/t14-/m1/s1. The summed E-state index contributed by atoms with van der Waals surface area (Å²) in [4.78, 5) is 34.9. The third-order valence-corrected chi connectivity index (χ3v) is 3.47. The summed E-state index contributed by atoms with van der Waals surface area (Å²) >= 11 is 0. The van der Waals surface area contributed by atoms with Gasteiger partial charge in [0.25, 0.3) is 5.91 Å². The van der Waals surface area contributed by atoms with Crippen LogP contribution in [0, 0.1) is 5.41 Å². The molecule has 132 valence electrons. The van der Waals surface area contributed by atoms with Crippen LogP contribution in [0.15, 0.2) is 24.3 Å². The van der Waals surface area contributed by atoms with Gasteiger partial charge in [0.15, 0.2) is 0 Å². The number of carbonyl (C=O) groups excluding carboxylic acids is 3. The molecule has 0 unspecified atom stereocenters. The Labute approximate surface area is 141 Å². The van der Waals surface area contributed by atoms with Crippen molar-refractivity contribution in [3.8, 4) is 0 Å². The minimum atomic E-state index is -0.640. The number of nitrogens with one attached hydrogen (secondary N) is 2. The maximum absolute atomic E-state index is 12.1. The highest BCUT2D eigenvalue weighted by Gasteiger charge is 2.27. The molecule has 0 radical (unpaired) electrons. The van der Waals surface area contributed by atoms with Crippen molar-refractivity contribution >= 4 is 23.5 Å². The molecular weight excluding hydrogens is 310 g/mol. The number of amides is 2. The second-order valence-corrected chi connectivity index (χ2v) is 6.49. The first kappa shape index (κ1) is 19.6. The average Bonchev–Trinajstić information content (AvgIpc) is 2.53. The molecule has 1 atom stereocenters. The fourth-order valence-corrected chi connectivity index (χ4v) is 1.80. The number of methoxy groups -OCH3 is 1. The number of hydrogen-bond acceptors (Lipinski definition) is 5. The highest BCUT2D eigenvalue weighted by atomic mass is 16.5. The molecular formula is C17H25N3O4. The second kappa shape index (κ2) is 8.44. The molecule has 1 aromatic rings. The van der Waals surface area contributed by atoms with Gasteiger partial charge in [-0.3, -0.25) is 14.4 Å². The predicted octanol–water partition coefficient (Wildman–Crippen LogP) is 1.29. The molecule has 1 aromatic carbocycles. The molecule has 0 aliphatic rings. The summed E-state index contributed by atoms with van der Waals surface area (Å²) in [5.41, 5.74) is 6.54. The molecule has 0 saturated heterocycles. The maximum Gasteiger partial charge on any atom is 0.307 e. The fourth-order valence-electron chi connectivity index (χ4n) is 1.80. The Kier molecular flexibility index (Phi) is 6.91. The van der Waals surface area contributed by atoms with Crippen molar-refractivity contribution in [1.82, 2.24) is 5.32 Å². The van der Waals surface area contributed by atoms with E-state index in [9.17, 15) is 14.4 Å². The van der Waals surface area contributed by atoms with E-state index in [1.807, 2.05) is 20.8 Å². The Morgan fingerprint density at radius 2 is 1.75 bits per heavy atom. The molecule has 0 aliphatic heterocycles. The molecule has 0 heterocycles. The number of benzene rings is 1. The van der Waals surface area contributed by atoms with Crippen LogP contribution in [0.4, 0.5) is 5.69 Å². The van der Waals surface area contributed by atoms with Gasteiger partial charge in [0.05, 0.1) is 19.6 Å². The summed E-state index contributed by atoms with van der Waals surface area (Å²) in [6.45, 7) is 5.86. The quantitative estimate of drug-likeness (QED) is 0.679. The van der Waals surface area contributed by atoms with Crippen LogP contribution in [0.5, 0.6) is 0 Å². The maximum atomic E-state index is 12.1. The van der Waals surface area contributed by atoms with E-state index in [1.54, 1.807) is 24.3 Å². The summed E-state index contributed by atoms with van der Waals surface area (Å²) in [5.74, 6) is -0.968. The number of hydrogen-bond donors (Lipinski definition) is 3. The molecule has 1 rings (SSSR count). The first-order valence-electron chi connectivity index (χ1n) is 7.66. The summed E-state index contributed by atoms with van der Waals surface area (Å²) in [6, 6.07) is 5.79. The highest BCUT2D eigenvalue weighted by molar-refractivity contribution is 5.97. The molecule has 0 fully saturated rings. The zero-order valence-corrected chi connectivity index (χ0v) is 14.5. The SMILES string of the molecule is COC(=O)CCNC(=O)c1ccc(NC(=O)[C@@H](N)C(C)(C)C)cc1. The molecule has 0 aromatic heterocycles. The lowest BCUT2D eigenvalue weighted by molar-refractivity contribution is -0.140. The van der Waals surface area contributed by atoms with Crippen LogP contribution in [-0.2, 0) is 14.3 Å². The topological polar surface area (TPSA) is 111 Å². The van der Waals surface area contributed by atoms with Gasteiger partial charge in [-0.05, 0) is 29.7 Å². The van der Waals surface area contributed by atoms with E-state index in [0.29, 0.717) is 11.3 Å². The van der Waals surface area contributed by atoms with Crippen molar-refractivity contribution in [2.45, 2.75) is 33.2 Å². The van der Waals surface area contributed by atoms with Gasteiger partial charge in [-0.1, -0.05) is 20.8 Å². The van der Waals surface area contributed by atoms with E-state index in [0.717, 1.165) is 0 Å². The molecule has 7 heteroatoms. The van der Waals surface area contributed by atoms with Gasteiger partial charge in [0.1, 0.15) is 0 Å². The van der Waals surface area contributed by atoms with Crippen molar-refractivity contribution in [2.75, 3.05) is 19.0 Å². The average molecular weight is 335 g/mol. The number of carbonyl (C=O) groups is 3. The van der Waals surface area contributed by atoms with E-state index in [1.165, 1.54) is 7.11 Å². The van der Waals surface area contributed by atoms with Crippen LogP contribution in [-0.4, -0.2) is 37.5 Å². The number of anilines is 1. The second-order valence-electron chi connectivity index (χ2n) is 6.49. The Morgan fingerprint density at radius 3 is 2.25 bits per heavy atom. The van der Waals surface area contributed by atoms with E-state index >= 15 is 0 Å². The molecule has 0 saturated carbocycles. The van der Waals surface area contributed by atoms with Gasteiger partial charge < -0.3 is 21.1 Å². The fraction of sp³-hybridized carbons (Fsp3) is 0.471. The lowest BCUT2D eigenvalue weighted by Crippen LogP contribution is -2.45. The number of ether oxygens (including phenoxy) is 1. The van der Waals surface area contributed by atoms with Crippen molar-refractivity contribution < 1.29 is 19.1 Å². The van der Waals surface area contributed by atoms with Crippen molar-refractivity contribution in [3.63, 3.8) is 0 Å². The largest absolute Gasteiger partial charge is 0.469 e. The first-order valence-corrected chi connectivity index (χ1v) is 7.66. The zero-order chi connectivity index (χ0) is 18.3.